The van der Waals surface area contributed by atoms with Crippen molar-refractivity contribution in [3.05, 3.63) is 64.4 Å². The average Bonchev–Trinajstić information content (AvgIpc) is 3.14. The molecule has 0 saturated carbocycles. The molecule has 1 aliphatic heterocycles. The molecule has 0 saturated heterocycles. The van der Waals surface area contributed by atoms with E-state index >= 15 is 0 Å². The Morgan fingerprint density at radius 3 is 2.81 bits per heavy atom. The first-order chi connectivity index (χ1) is 12.6. The van der Waals surface area contributed by atoms with E-state index in [0.717, 1.165) is 31.7 Å². The van der Waals surface area contributed by atoms with Crippen molar-refractivity contribution in [1.82, 2.24) is 10.2 Å². The second-order valence-electron chi connectivity index (χ2n) is 6.30. The third-order valence-corrected chi connectivity index (χ3v) is 5.65. The molecule has 1 aliphatic rings. The third-order valence-electron chi connectivity index (χ3n) is 4.62. The van der Waals surface area contributed by atoms with E-state index in [1.54, 1.807) is 31.3 Å². The zero-order valence-electron chi connectivity index (χ0n) is 14.9. The largest absolute Gasteiger partial charge is 0.351 e. The quantitative estimate of drug-likeness (QED) is 0.797. The molecule has 0 bridgehead atoms. The van der Waals surface area contributed by atoms with Crippen LogP contribution >= 0.6 is 11.3 Å². The van der Waals surface area contributed by atoms with Gasteiger partial charge in [0.05, 0.1) is 0 Å². The van der Waals surface area contributed by atoms with Crippen LogP contribution in [-0.2, 0) is 17.8 Å². The molecule has 0 radical (unpaired) electrons. The molecule has 0 aliphatic carbocycles. The van der Waals surface area contributed by atoms with E-state index in [1.165, 1.54) is 21.4 Å². The van der Waals surface area contributed by atoms with Gasteiger partial charge in [-0.2, -0.15) is 0 Å². The molecule has 136 valence electrons. The second-order valence-corrected chi connectivity index (χ2v) is 7.30. The molecule has 3 rings (SSSR count). The zero-order chi connectivity index (χ0) is 18.5. The Morgan fingerprint density at radius 1 is 1.31 bits per heavy atom. The van der Waals surface area contributed by atoms with Gasteiger partial charge in [0.15, 0.2) is 0 Å². The molecule has 0 atom stereocenters. The van der Waals surface area contributed by atoms with Crippen molar-refractivity contribution in [2.24, 2.45) is 0 Å². The van der Waals surface area contributed by atoms with E-state index in [2.05, 4.69) is 28.2 Å². The maximum atomic E-state index is 12.3. The van der Waals surface area contributed by atoms with Crippen LogP contribution in [0.4, 0.5) is 5.69 Å². The molecule has 1 aromatic heterocycles. The number of carbonyl (C=O) groups is 2. The molecular formula is C20H23N3O2S. The number of thiophene rings is 1. The van der Waals surface area contributed by atoms with Gasteiger partial charge in [-0.3, -0.25) is 14.5 Å². The van der Waals surface area contributed by atoms with Crippen molar-refractivity contribution in [3.8, 4) is 0 Å². The molecule has 1 N–H and O–H groups in total. The average molecular weight is 369 g/mol. The van der Waals surface area contributed by atoms with E-state index in [1.807, 2.05) is 11.3 Å². The second kappa shape index (κ2) is 8.29. The van der Waals surface area contributed by atoms with E-state index in [0.29, 0.717) is 12.1 Å². The van der Waals surface area contributed by atoms with Crippen LogP contribution in [0, 0.1) is 0 Å². The lowest BCUT2D eigenvalue weighted by atomic mass is 10.1. The molecule has 2 heterocycles. The van der Waals surface area contributed by atoms with Crippen LogP contribution in [0.3, 0.4) is 0 Å². The summed E-state index contributed by atoms with van der Waals surface area (Å²) in [5, 5.41) is 5.12. The summed E-state index contributed by atoms with van der Waals surface area (Å²) in [5.74, 6) is -0.278. The highest BCUT2D eigenvalue weighted by molar-refractivity contribution is 7.10. The zero-order valence-corrected chi connectivity index (χ0v) is 15.7. The number of amides is 2. The number of fused-ring (bicyclic) bond motifs is 1. The van der Waals surface area contributed by atoms with E-state index in [9.17, 15) is 9.59 Å². The summed E-state index contributed by atoms with van der Waals surface area (Å²) in [7, 11) is 1.68. The van der Waals surface area contributed by atoms with Crippen LogP contribution in [0.2, 0.25) is 0 Å². The molecule has 26 heavy (non-hydrogen) atoms. The lowest BCUT2D eigenvalue weighted by molar-refractivity contribution is -0.113. The smallest absolute Gasteiger partial charge is 0.251 e. The van der Waals surface area contributed by atoms with Crippen LogP contribution in [0.25, 0.3) is 0 Å². The number of anilines is 1. The van der Waals surface area contributed by atoms with Crippen molar-refractivity contribution < 1.29 is 9.59 Å². The minimum Gasteiger partial charge on any atom is -0.351 e. The van der Waals surface area contributed by atoms with Crippen LogP contribution in [-0.4, -0.2) is 43.4 Å². The fraction of sp³-hybridized carbons (Fsp3) is 0.300. The maximum absolute atomic E-state index is 12.3. The van der Waals surface area contributed by atoms with Gasteiger partial charge in [0.1, 0.15) is 0 Å². The summed E-state index contributed by atoms with van der Waals surface area (Å²) in [5.41, 5.74) is 2.74. The van der Waals surface area contributed by atoms with Crippen LogP contribution < -0.4 is 10.2 Å². The Morgan fingerprint density at radius 2 is 2.08 bits per heavy atom. The number of hydrogen-bond donors (Lipinski definition) is 1. The summed E-state index contributed by atoms with van der Waals surface area (Å²) in [6.07, 6.45) is 2.36. The number of nitrogens with zero attached hydrogens (tertiary/aromatic N) is 2. The number of carbonyl (C=O) groups excluding carboxylic acids is 2. The first-order valence-electron chi connectivity index (χ1n) is 8.64. The molecule has 5 nitrogen and oxygen atoms in total. The van der Waals surface area contributed by atoms with Gasteiger partial charge in [-0.1, -0.05) is 6.58 Å². The summed E-state index contributed by atoms with van der Waals surface area (Å²) in [4.78, 5) is 29.2. The first kappa shape index (κ1) is 18.4. The Labute approximate surface area is 157 Å². The van der Waals surface area contributed by atoms with Crippen molar-refractivity contribution >= 4 is 28.8 Å². The molecular weight excluding hydrogens is 346 g/mol. The third kappa shape index (κ3) is 4.20. The van der Waals surface area contributed by atoms with Gasteiger partial charge in [0, 0.05) is 49.4 Å². The van der Waals surface area contributed by atoms with E-state index in [4.69, 9.17) is 0 Å². The lowest BCUT2D eigenvalue weighted by Gasteiger charge is -2.26. The number of nitrogens with one attached hydrogen (secondary N) is 1. The van der Waals surface area contributed by atoms with Crippen molar-refractivity contribution in [3.63, 3.8) is 0 Å². The number of rotatable bonds is 6. The van der Waals surface area contributed by atoms with Gasteiger partial charge in [0.2, 0.25) is 5.91 Å². The molecule has 0 spiro atoms. The molecule has 0 unspecified atom stereocenters. The molecule has 2 amide bonds. The van der Waals surface area contributed by atoms with Gasteiger partial charge in [-0.05, 0) is 53.8 Å². The SMILES string of the molecule is C=CC(=O)N(C)c1ccc(C(=O)NCCN2CCc3sccc3C2)cc1. The maximum Gasteiger partial charge on any atom is 0.251 e. The highest BCUT2D eigenvalue weighted by atomic mass is 32.1. The Hall–Kier alpha value is -2.44. The summed E-state index contributed by atoms with van der Waals surface area (Å²) >= 11 is 1.83. The molecule has 6 heteroatoms. The predicted molar refractivity (Wildman–Crippen MR) is 106 cm³/mol. The van der Waals surface area contributed by atoms with E-state index in [-0.39, 0.29) is 11.8 Å². The minimum atomic E-state index is -0.183. The molecule has 2 aromatic rings. The highest BCUT2D eigenvalue weighted by Gasteiger charge is 2.17. The van der Waals surface area contributed by atoms with E-state index < -0.39 is 0 Å². The standard InChI is InChI=1S/C20H23N3O2S/c1-3-19(24)22(2)17-6-4-15(5-7-17)20(25)21-10-12-23-11-8-18-16(14-23)9-13-26-18/h3-7,9,13H,1,8,10-12,14H2,2H3,(H,21,25). The summed E-state index contributed by atoms with van der Waals surface area (Å²) in [6, 6.07) is 9.19. The normalized spacial score (nSPS) is 13.7. The fourth-order valence-electron chi connectivity index (χ4n) is 3.03. The number of likely N-dealkylation sites (N-methyl/N-ethyl adjacent to an activating group) is 1. The number of benzene rings is 1. The highest BCUT2D eigenvalue weighted by Crippen LogP contribution is 2.23. The Balaban J connectivity index is 1.48. The van der Waals surface area contributed by atoms with Crippen molar-refractivity contribution in [2.45, 2.75) is 13.0 Å². The van der Waals surface area contributed by atoms with Crippen LogP contribution in [0.15, 0.2) is 48.4 Å². The summed E-state index contributed by atoms with van der Waals surface area (Å²) < 4.78 is 0. The monoisotopic (exact) mass is 369 g/mol. The Bertz CT molecular complexity index is 798. The van der Waals surface area contributed by atoms with Gasteiger partial charge < -0.3 is 10.2 Å². The van der Waals surface area contributed by atoms with Crippen molar-refractivity contribution in [1.29, 1.82) is 0 Å². The minimum absolute atomic E-state index is 0.0949. The number of hydrogen-bond acceptors (Lipinski definition) is 4. The lowest BCUT2D eigenvalue weighted by Crippen LogP contribution is -2.37. The molecule has 0 fully saturated rings. The first-order valence-corrected chi connectivity index (χ1v) is 9.52. The topological polar surface area (TPSA) is 52.7 Å². The van der Waals surface area contributed by atoms with Crippen molar-refractivity contribution in [2.75, 3.05) is 31.6 Å². The fourth-order valence-corrected chi connectivity index (χ4v) is 3.92. The van der Waals surface area contributed by atoms with Gasteiger partial charge in [-0.15, -0.1) is 11.3 Å². The van der Waals surface area contributed by atoms with Gasteiger partial charge >= 0.3 is 0 Å². The van der Waals surface area contributed by atoms with Gasteiger partial charge in [0.25, 0.3) is 5.91 Å². The van der Waals surface area contributed by atoms with Crippen LogP contribution in [0.1, 0.15) is 20.8 Å². The van der Waals surface area contributed by atoms with Crippen LogP contribution in [0.5, 0.6) is 0 Å². The predicted octanol–water partition coefficient (Wildman–Crippen LogP) is 2.69. The van der Waals surface area contributed by atoms with Gasteiger partial charge in [-0.25, -0.2) is 0 Å². The Kier molecular flexibility index (Phi) is 5.85. The molecule has 1 aromatic carbocycles. The summed E-state index contributed by atoms with van der Waals surface area (Å²) in [6.45, 7) is 6.95.